The van der Waals surface area contributed by atoms with Gasteiger partial charge in [-0.3, -0.25) is 4.90 Å². The number of amides is 2. The molecule has 0 spiro atoms. The van der Waals surface area contributed by atoms with E-state index in [1.54, 1.807) is 17.0 Å². The summed E-state index contributed by atoms with van der Waals surface area (Å²) in [6.07, 6.45) is 2.94. The number of benzene rings is 2. The summed E-state index contributed by atoms with van der Waals surface area (Å²) in [5.41, 5.74) is 2.76. The molecule has 2 aromatic carbocycles. The van der Waals surface area contributed by atoms with E-state index in [0.717, 1.165) is 36.3 Å². The van der Waals surface area contributed by atoms with Gasteiger partial charge in [-0.05, 0) is 62.2 Å². The second kappa shape index (κ2) is 10.5. The maximum atomic E-state index is 14.0. The van der Waals surface area contributed by atoms with Gasteiger partial charge in [-0.25, -0.2) is 9.18 Å². The average molecular weight is 465 g/mol. The number of nitrogens with one attached hydrogen (secondary N) is 1. The van der Waals surface area contributed by atoms with Gasteiger partial charge in [0, 0.05) is 17.8 Å². The first kappa shape index (κ1) is 23.5. The number of hydrogen-bond donors (Lipinski definition) is 1. The number of ether oxygens (including phenoxy) is 1. The maximum absolute atomic E-state index is 14.0. The molecule has 34 heavy (non-hydrogen) atoms. The lowest BCUT2D eigenvalue weighted by molar-refractivity contribution is 0.204. The standard InChI is InChI=1S/C26H29FN4O3/c1-4-6-7-15-31-17(3)22(23(28-26(31)32)19-9-8-10-20(27)16-19)25-29-24(30-34-25)18-11-13-21(14-12-18)33-5-2/h8-14,16,23H,4-7,15H2,1-3H3,(H,28,32). The minimum atomic E-state index is -0.612. The summed E-state index contributed by atoms with van der Waals surface area (Å²) in [5.74, 6) is 1.09. The summed E-state index contributed by atoms with van der Waals surface area (Å²) in [6.45, 7) is 7.07. The van der Waals surface area contributed by atoms with Gasteiger partial charge in [-0.15, -0.1) is 0 Å². The number of urea groups is 1. The third-order valence-electron chi connectivity index (χ3n) is 5.84. The molecule has 0 bridgehead atoms. The Hall–Kier alpha value is -3.68. The molecule has 1 aromatic heterocycles. The van der Waals surface area contributed by atoms with Gasteiger partial charge in [-0.1, -0.05) is 37.1 Å². The van der Waals surface area contributed by atoms with Crippen LogP contribution in [0.3, 0.4) is 0 Å². The summed E-state index contributed by atoms with van der Waals surface area (Å²) in [7, 11) is 0. The van der Waals surface area contributed by atoms with Crippen molar-refractivity contribution in [3.8, 4) is 17.1 Å². The summed E-state index contributed by atoms with van der Waals surface area (Å²) in [4.78, 5) is 19.3. The molecule has 0 aliphatic carbocycles. The van der Waals surface area contributed by atoms with E-state index in [-0.39, 0.29) is 17.7 Å². The molecule has 0 saturated carbocycles. The minimum Gasteiger partial charge on any atom is -0.494 e. The SMILES string of the molecule is CCCCCN1C(=O)NC(c2cccc(F)c2)C(c2nc(-c3ccc(OCC)cc3)no2)=C1C. The van der Waals surface area contributed by atoms with Gasteiger partial charge < -0.3 is 14.6 Å². The highest BCUT2D eigenvalue weighted by molar-refractivity contribution is 5.86. The van der Waals surface area contributed by atoms with Crippen LogP contribution in [0.4, 0.5) is 9.18 Å². The summed E-state index contributed by atoms with van der Waals surface area (Å²) < 4.78 is 25.2. The molecule has 0 fully saturated rings. The highest BCUT2D eigenvalue weighted by Gasteiger charge is 2.35. The van der Waals surface area contributed by atoms with Crippen molar-refractivity contribution in [3.63, 3.8) is 0 Å². The largest absolute Gasteiger partial charge is 0.494 e. The van der Waals surface area contributed by atoms with Crippen molar-refractivity contribution in [3.05, 3.63) is 71.5 Å². The van der Waals surface area contributed by atoms with E-state index in [2.05, 4.69) is 22.4 Å². The molecular formula is C26H29FN4O3. The molecule has 1 aliphatic rings. The molecule has 4 rings (SSSR count). The molecule has 3 aromatic rings. The molecule has 2 amide bonds. The van der Waals surface area contributed by atoms with Crippen molar-refractivity contribution in [1.29, 1.82) is 0 Å². The quantitative estimate of drug-likeness (QED) is 0.395. The summed E-state index contributed by atoms with van der Waals surface area (Å²) >= 11 is 0. The molecule has 0 saturated heterocycles. The number of halogens is 1. The third-order valence-corrected chi connectivity index (χ3v) is 5.84. The number of allylic oxidation sites excluding steroid dienone is 1. The molecule has 1 aliphatic heterocycles. The molecule has 1 atom stereocenters. The van der Waals surface area contributed by atoms with Crippen LogP contribution in [0, 0.1) is 5.82 Å². The zero-order chi connectivity index (χ0) is 24.1. The molecule has 0 radical (unpaired) electrons. The van der Waals surface area contributed by atoms with Crippen LogP contribution in [0.25, 0.3) is 17.0 Å². The van der Waals surface area contributed by atoms with E-state index >= 15 is 0 Å². The fraction of sp³-hybridized carbons (Fsp3) is 0.346. The predicted octanol–water partition coefficient (Wildman–Crippen LogP) is 5.96. The van der Waals surface area contributed by atoms with E-state index < -0.39 is 6.04 Å². The van der Waals surface area contributed by atoms with E-state index in [0.29, 0.717) is 30.1 Å². The zero-order valence-electron chi connectivity index (χ0n) is 19.7. The van der Waals surface area contributed by atoms with E-state index in [1.807, 2.05) is 38.1 Å². The van der Waals surface area contributed by atoms with Crippen LogP contribution < -0.4 is 10.1 Å². The van der Waals surface area contributed by atoms with Gasteiger partial charge in [0.05, 0.1) is 18.2 Å². The second-order valence-corrected chi connectivity index (χ2v) is 8.18. The molecule has 2 heterocycles. The number of unbranched alkanes of at least 4 members (excludes halogenated alkanes) is 2. The number of carbonyl (C=O) groups is 1. The fourth-order valence-electron chi connectivity index (χ4n) is 4.10. The Balaban J connectivity index is 1.73. The Labute approximate surface area is 198 Å². The van der Waals surface area contributed by atoms with E-state index in [4.69, 9.17) is 9.26 Å². The Morgan fingerprint density at radius 2 is 1.94 bits per heavy atom. The van der Waals surface area contributed by atoms with Crippen molar-refractivity contribution in [2.24, 2.45) is 0 Å². The normalized spacial score (nSPS) is 16.1. The van der Waals surface area contributed by atoms with Crippen LogP contribution in [-0.4, -0.2) is 34.2 Å². The third kappa shape index (κ3) is 4.95. The van der Waals surface area contributed by atoms with Gasteiger partial charge in [0.15, 0.2) is 0 Å². The lowest BCUT2D eigenvalue weighted by Gasteiger charge is -2.35. The first-order valence-electron chi connectivity index (χ1n) is 11.6. The molecule has 8 heteroatoms. The minimum absolute atomic E-state index is 0.224. The molecule has 178 valence electrons. The number of nitrogens with zero attached hydrogens (tertiary/aromatic N) is 3. The Bertz CT molecular complexity index is 1170. The lowest BCUT2D eigenvalue weighted by Crippen LogP contribution is -2.46. The average Bonchev–Trinajstić information content (AvgIpc) is 3.31. The topological polar surface area (TPSA) is 80.5 Å². The van der Waals surface area contributed by atoms with Gasteiger partial charge in [0.2, 0.25) is 5.82 Å². The number of hydrogen-bond acceptors (Lipinski definition) is 5. The Kier molecular flexibility index (Phi) is 7.25. The molecule has 1 N–H and O–H groups in total. The van der Waals surface area contributed by atoms with Crippen LogP contribution >= 0.6 is 0 Å². The highest BCUT2D eigenvalue weighted by atomic mass is 19.1. The van der Waals surface area contributed by atoms with E-state index in [9.17, 15) is 9.18 Å². The maximum Gasteiger partial charge on any atom is 0.322 e. The smallest absolute Gasteiger partial charge is 0.322 e. The van der Waals surface area contributed by atoms with Gasteiger partial charge in [0.1, 0.15) is 11.6 Å². The number of carbonyl (C=O) groups excluding carboxylic acids is 1. The summed E-state index contributed by atoms with van der Waals surface area (Å²) in [6, 6.07) is 12.8. The lowest BCUT2D eigenvalue weighted by atomic mass is 9.94. The first-order chi connectivity index (χ1) is 16.5. The Morgan fingerprint density at radius 1 is 1.15 bits per heavy atom. The van der Waals surface area contributed by atoms with Crippen LogP contribution in [0.1, 0.15) is 57.5 Å². The van der Waals surface area contributed by atoms with Gasteiger partial charge in [-0.2, -0.15) is 4.98 Å². The van der Waals surface area contributed by atoms with Crippen molar-refractivity contribution in [2.75, 3.05) is 13.2 Å². The zero-order valence-corrected chi connectivity index (χ0v) is 19.7. The molecule has 1 unspecified atom stereocenters. The van der Waals surface area contributed by atoms with E-state index in [1.165, 1.54) is 12.1 Å². The van der Waals surface area contributed by atoms with Crippen molar-refractivity contribution in [1.82, 2.24) is 20.4 Å². The molecule has 7 nitrogen and oxygen atoms in total. The van der Waals surface area contributed by atoms with Crippen molar-refractivity contribution in [2.45, 2.75) is 46.1 Å². The van der Waals surface area contributed by atoms with Crippen LogP contribution in [0.15, 0.2) is 58.8 Å². The number of rotatable bonds is 9. The fourth-order valence-corrected chi connectivity index (χ4v) is 4.10. The van der Waals surface area contributed by atoms with Crippen LogP contribution in [0.5, 0.6) is 5.75 Å². The number of aromatic nitrogens is 2. The van der Waals surface area contributed by atoms with Gasteiger partial charge >= 0.3 is 6.03 Å². The Morgan fingerprint density at radius 3 is 2.65 bits per heavy atom. The van der Waals surface area contributed by atoms with Gasteiger partial charge in [0.25, 0.3) is 5.89 Å². The predicted molar refractivity (Wildman–Crippen MR) is 127 cm³/mol. The highest BCUT2D eigenvalue weighted by Crippen LogP contribution is 2.37. The molecular weight excluding hydrogens is 435 g/mol. The first-order valence-corrected chi connectivity index (χ1v) is 11.6. The monoisotopic (exact) mass is 464 g/mol. The summed E-state index contributed by atoms with van der Waals surface area (Å²) in [5, 5.41) is 7.18. The van der Waals surface area contributed by atoms with Crippen LogP contribution in [-0.2, 0) is 0 Å². The second-order valence-electron chi connectivity index (χ2n) is 8.18. The van der Waals surface area contributed by atoms with Crippen LogP contribution in [0.2, 0.25) is 0 Å². The van der Waals surface area contributed by atoms with Crippen molar-refractivity contribution >= 4 is 11.6 Å². The van der Waals surface area contributed by atoms with Crippen molar-refractivity contribution < 1.29 is 18.4 Å².